The van der Waals surface area contributed by atoms with Gasteiger partial charge < -0.3 is 5.32 Å². The van der Waals surface area contributed by atoms with Crippen LogP contribution in [-0.4, -0.2) is 20.3 Å². The van der Waals surface area contributed by atoms with Crippen LogP contribution in [0.4, 0.5) is 0 Å². The molecule has 5 nitrogen and oxygen atoms in total. The highest BCUT2D eigenvalue weighted by molar-refractivity contribution is 9.10. The number of aromatic nitrogens is 3. The van der Waals surface area contributed by atoms with Gasteiger partial charge in [0, 0.05) is 16.6 Å². The first-order chi connectivity index (χ1) is 9.39. The molecule has 0 saturated carbocycles. The minimum atomic E-state index is 0.0821. The number of rotatable bonds is 3. The van der Waals surface area contributed by atoms with Gasteiger partial charge in [0.1, 0.15) is 12.4 Å². The van der Waals surface area contributed by atoms with Crippen LogP contribution in [0.3, 0.4) is 0 Å². The molecule has 0 fully saturated rings. The van der Waals surface area contributed by atoms with Crippen LogP contribution in [0.5, 0.6) is 0 Å². The van der Waals surface area contributed by atoms with E-state index in [1.54, 1.807) is 4.68 Å². The van der Waals surface area contributed by atoms with Gasteiger partial charge in [-0.25, -0.2) is 9.67 Å². The van der Waals surface area contributed by atoms with E-state index in [0.29, 0.717) is 0 Å². The Kier molecular flexibility index (Phi) is 4.21. The Labute approximate surface area is 126 Å². The van der Waals surface area contributed by atoms with Gasteiger partial charge in [0.2, 0.25) is 0 Å². The molecule has 1 heterocycles. The van der Waals surface area contributed by atoms with Gasteiger partial charge in [-0.05, 0) is 54.4 Å². The number of nitriles is 1. The largest absolute Gasteiger partial charge is 0.308 e. The first kappa shape index (κ1) is 14.7. The Morgan fingerprint density at radius 1 is 1.40 bits per heavy atom. The highest BCUT2D eigenvalue weighted by atomic mass is 79.9. The van der Waals surface area contributed by atoms with E-state index >= 15 is 0 Å². The topological polar surface area (TPSA) is 66.5 Å². The van der Waals surface area contributed by atoms with Crippen molar-refractivity contribution in [3.63, 3.8) is 0 Å². The van der Waals surface area contributed by atoms with Crippen molar-refractivity contribution in [1.29, 1.82) is 5.26 Å². The maximum absolute atomic E-state index is 8.75. The van der Waals surface area contributed by atoms with Gasteiger partial charge in [0.05, 0.1) is 5.69 Å². The first-order valence-electron chi connectivity index (χ1n) is 6.24. The van der Waals surface area contributed by atoms with E-state index in [0.717, 1.165) is 16.7 Å². The van der Waals surface area contributed by atoms with Crippen LogP contribution in [0, 0.1) is 11.3 Å². The van der Waals surface area contributed by atoms with E-state index < -0.39 is 0 Å². The average Bonchev–Trinajstić information content (AvgIpc) is 2.84. The molecule has 20 heavy (non-hydrogen) atoms. The summed E-state index contributed by atoms with van der Waals surface area (Å²) in [5, 5.41) is 16.3. The summed E-state index contributed by atoms with van der Waals surface area (Å²) in [5.74, 6) is 0.162. The summed E-state index contributed by atoms with van der Waals surface area (Å²) in [7, 11) is 0. The number of benzene rings is 1. The molecule has 104 valence electrons. The molecule has 0 unspecified atom stereocenters. The van der Waals surface area contributed by atoms with Crippen LogP contribution >= 0.6 is 15.9 Å². The number of halogens is 1. The lowest BCUT2D eigenvalue weighted by molar-refractivity contribution is 0.424. The van der Waals surface area contributed by atoms with Gasteiger partial charge in [-0.15, -0.1) is 5.10 Å². The van der Waals surface area contributed by atoms with Crippen LogP contribution in [-0.2, 0) is 6.54 Å². The Balaban J connectivity index is 2.20. The van der Waals surface area contributed by atoms with E-state index in [4.69, 9.17) is 5.26 Å². The predicted octanol–water partition coefficient (Wildman–Crippen LogP) is 2.79. The zero-order chi connectivity index (χ0) is 14.8. The third-order valence-corrected chi connectivity index (χ3v) is 3.31. The molecular formula is C14H16BrN5. The lowest BCUT2D eigenvalue weighted by atomic mass is 10.1. The summed E-state index contributed by atoms with van der Waals surface area (Å²) in [6.07, 6.45) is 1.53. The zero-order valence-corrected chi connectivity index (χ0v) is 13.3. The van der Waals surface area contributed by atoms with E-state index in [2.05, 4.69) is 52.1 Å². The number of nitrogens with zero attached hydrogens (tertiary/aromatic N) is 4. The molecule has 0 bridgehead atoms. The van der Waals surface area contributed by atoms with Crippen LogP contribution < -0.4 is 5.32 Å². The monoisotopic (exact) mass is 333 g/mol. The van der Waals surface area contributed by atoms with Crippen LogP contribution in [0.25, 0.3) is 5.69 Å². The van der Waals surface area contributed by atoms with Crippen LogP contribution in [0.1, 0.15) is 32.2 Å². The van der Waals surface area contributed by atoms with Crippen LogP contribution in [0.15, 0.2) is 29.0 Å². The standard InChI is InChI=1S/C14H16BrN5/c1-14(2,3)18-8-10-4-5-12(11(15)6-10)20-9-17-13(7-16)19-20/h4-6,9,18H,8H2,1-3H3. The normalized spacial score (nSPS) is 11.3. The van der Waals surface area contributed by atoms with Crippen molar-refractivity contribution in [3.8, 4) is 11.8 Å². The maximum atomic E-state index is 8.75. The summed E-state index contributed by atoms with van der Waals surface area (Å²) >= 11 is 3.54. The predicted molar refractivity (Wildman–Crippen MR) is 80.4 cm³/mol. The molecule has 0 aliphatic rings. The summed E-state index contributed by atoms with van der Waals surface area (Å²) < 4.78 is 2.50. The lowest BCUT2D eigenvalue weighted by Crippen LogP contribution is -2.35. The van der Waals surface area contributed by atoms with Crippen molar-refractivity contribution in [1.82, 2.24) is 20.1 Å². The molecule has 0 aliphatic carbocycles. The fraction of sp³-hybridized carbons (Fsp3) is 0.357. The van der Waals surface area contributed by atoms with Crippen molar-refractivity contribution in [3.05, 3.63) is 40.4 Å². The molecule has 0 aliphatic heterocycles. The Bertz CT molecular complexity index is 648. The first-order valence-corrected chi connectivity index (χ1v) is 7.04. The van der Waals surface area contributed by atoms with Gasteiger partial charge >= 0.3 is 0 Å². The van der Waals surface area contributed by atoms with Crippen molar-refractivity contribution in [2.75, 3.05) is 0 Å². The van der Waals surface area contributed by atoms with Gasteiger partial charge in [0.25, 0.3) is 5.82 Å². The second-order valence-corrected chi connectivity index (χ2v) is 6.37. The van der Waals surface area contributed by atoms with Gasteiger partial charge in [-0.3, -0.25) is 0 Å². The Hall–Kier alpha value is -1.71. The third kappa shape index (κ3) is 3.65. The molecule has 0 atom stereocenters. The minimum Gasteiger partial charge on any atom is -0.308 e. The van der Waals surface area contributed by atoms with Crippen molar-refractivity contribution in [2.45, 2.75) is 32.9 Å². The van der Waals surface area contributed by atoms with E-state index in [1.807, 2.05) is 24.3 Å². The Morgan fingerprint density at radius 2 is 2.15 bits per heavy atom. The molecule has 0 spiro atoms. The van der Waals surface area contributed by atoms with E-state index in [-0.39, 0.29) is 11.4 Å². The molecule has 1 aromatic carbocycles. The lowest BCUT2D eigenvalue weighted by Gasteiger charge is -2.20. The minimum absolute atomic E-state index is 0.0821. The fourth-order valence-electron chi connectivity index (χ4n) is 1.64. The zero-order valence-electron chi connectivity index (χ0n) is 11.7. The molecule has 1 N–H and O–H groups in total. The fourth-order valence-corrected chi connectivity index (χ4v) is 2.25. The van der Waals surface area contributed by atoms with E-state index in [9.17, 15) is 0 Å². The highest BCUT2D eigenvalue weighted by Crippen LogP contribution is 2.22. The van der Waals surface area contributed by atoms with Crippen molar-refractivity contribution in [2.24, 2.45) is 0 Å². The molecule has 2 rings (SSSR count). The van der Waals surface area contributed by atoms with Gasteiger partial charge in [0.15, 0.2) is 0 Å². The third-order valence-electron chi connectivity index (χ3n) is 2.67. The molecular weight excluding hydrogens is 318 g/mol. The smallest absolute Gasteiger partial charge is 0.252 e. The molecule has 0 saturated heterocycles. The second-order valence-electron chi connectivity index (χ2n) is 5.51. The number of nitrogens with one attached hydrogen (secondary N) is 1. The highest BCUT2D eigenvalue weighted by Gasteiger charge is 2.10. The van der Waals surface area contributed by atoms with Gasteiger partial charge in [-0.2, -0.15) is 5.26 Å². The Morgan fingerprint density at radius 3 is 2.70 bits per heavy atom. The SMILES string of the molecule is CC(C)(C)NCc1ccc(-n2cnc(C#N)n2)c(Br)c1. The van der Waals surface area contributed by atoms with Crippen molar-refractivity contribution >= 4 is 15.9 Å². The summed E-state index contributed by atoms with van der Waals surface area (Å²) in [4.78, 5) is 3.90. The summed E-state index contributed by atoms with van der Waals surface area (Å²) in [6.45, 7) is 7.20. The second kappa shape index (κ2) is 5.73. The summed E-state index contributed by atoms with van der Waals surface area (Å²) in [5.41, 5.74) is 2.12. The quantitative estimate of drug-likeness (QED) is 0.937. The molecule has 1 aromatic heterocycles. The molecule has 2 aromatic rings. The average molecular weight is 334 g/mol. The molecule has 6 heteroatoms. The maximum Gasteiger partial charge on any atom is 0.252 e. The molecule has 0 radical (unpaired) electrons. The van der Waals surface area contributed by atoms with E-state index in [1.165, 1.54) is 11.9 Å². The van der Waals surface area contributed by atoms with Crippen LogP contribution in [0.2, 0.25) is 0 Å². The van der Waals surface area contributed by atoms with Crippen molar-refractivity contribution < 1.29 is 0 Å². The van der Waals surface area contributed by atoms with Gasteiger partial charge in [-0.1, -0.05) is 6.07 Å². The number of hydrogen-bond acceptors (Lipinski definition) is 4. The number of hydrogen-bond donors (Lipinski definition) is 1. The molecule has 0 amide bonds. The summed E-state index contributed by atoms with van der Waals surface area (Å²) in [6, 6.07) is 7.95.